The van der Waals surface area contributed by atoms with E-state index in [0.717, 1.165) is 14.1 Å². The Morgan fingerprint density at radius 2 is 2.17 bits per heavy atom. The molecule has 6 heavy (non-hydrogen) atoms. The third-order valence-corrected chi connectivity index (χ3v) is 0.706. The van der Waals surface area contributed by atoms with Crippen molar-refractivity contribution in [2.75, 3.05) is 0 Å². The maximum Gasteiger partial charge on any atom is 0.196 e. The molecule has 0 rings (SSSR count). The highest BCUT2D eigenvalue weighted by Gasteiger charge is 1.98. The van der Waals surface area contributed by atoms with Crippen molar-refractivity contribution in [3.8, 4) is 0 Å². The Morgan fingerprint density at radius 1 is 1.67 bits per heavy atom. The molecule has 0 amide bonds. The standard InChI is InChI=1S/B5H7O/c1-3-4-5(2)6/h3-4,6H,1-2H2. The van der Waals surface area contributed by atoms with E-state index >= 15 is 0 Å². The first-order chi connectivity index (χ1) is 2.77. The molecule has 0 heterocycles. The molecule has 0 aromatic rings. The van der Waals surface area contributed by atoms with Gasteiger partial charge in [-0.3, -0.25) is 0 Å². The summed E-state index contributed by atoms with van der Waals surface area (Å²) in [6.45, 7) is -0.102. The largest absolute Gasteiger partial charge is 0.469 e. The zero-order chi connectivity index (χ0) is 4.99. The average molecular weight is 77.1 g/mol. The van der Waals surface area contributed by atoms with Crippen LogP contribution < -0.4 is 0 Å². The Bertz CT molecular complexity index is 25.1. The molecule has 0 bridgehead atoms. The van der Waals surface area contributed by atoms with E-state index in [1.807, 2.05) is 7.74 Å². The summed E-state index contributed by atoms with van der Waals surface area (Å²) in [5.74, 6) is 0. The molecule has 0 unspecified atom stereocenters. The van der Waals surface area contributed by atoms with E-state index in [1.165, 1.54) is 0 Å². The van der Waals surface area contributed by atoms with E-state index in [1.54, 1.807) is 0 Å². The first-order valence-corrected chi connectivity index (χ1v) is 2.45. The lowest BCUT2D eigenvalue weighted by atomic mass is 9.04. The second kappa shape index (κ2) is 3.47. The third kappa shape index (κ3) is 4.28. The van der Waals surface area contributed by atoms with E-state index in [4.69, 9.17) is 5.02 Å². The van der Waals surface area contributed by atoms with Gasteiger partial charge in [0.2, 0.25) is 0 Å². The minimum absolute atomic E-state index is 0.102. The molecule has 0 aromatic heterocycles. The Hall–Kier alpha value is 0.285. The Morgan fingerprint density at radius 3 is 2.17 bits per heavy atom. The van der Waals surface area contributed by atoms with E-state index in [0.29, 0.717) is 0 Å². The Kier molecular flexibility index (Phi) is 3.64. The summed E-state index contributed by atoms with van der Waals surface area (Å²) >= 11 is 0. The van der Waals surface area contributed by atoms with Crippen LogP contribution in [0, 0.1) is 0 Å². The van der Waals surface area contributed by atoms with Crippen LogP contribution in [0.1, 0.15) is 0 Å². The summed E-state index contributed by atoms with van der Waals surface area (Å²) in [6, 6.07) is 0. The highest BCUT2D eigenvalue weighted by atomic mass is 16.2. The summed E-state index contributed by atoms with van der Waals surface area (Å²) in [7, 11) is 5.88. The van der Waals surface area contributed by atoms with Crippen molar-refractivity contribution < 1.29 is 5.02 Å². The summed E-state index contributed by atoms with van der Waals surface area (Å²) in [5.41, 5.74) is 0. The molecule has 0 aliphatic carbocycles. The van der Waals surface area contributed by atoms with Crippen LogP contribution in [0.2, 0.25) is 0 Å². The Balaban J connectivity index is 2.63. The van der Waals surface area contributed by atoms with Gasteiger partial charge in [-0.05, 0) is 0 Å². The zero-order valence-electron chi connectivity index (χ0n) is 4.44. The molecule has 28 valence electrons. The van der Waals surface area contributed by atoms with Gasteiger partial charge in [0.05, 0.1) is 22.5 Å². The molecule has 0 saturated heterocycles. The van der Waals surface area contributed by atoms with Gasteiger partial charge in [0, 0.05) is 7.06 Å². The van der Waals surface area contributed by atoms with Crippen LogP contribution in [0.4, 0.5) is 0 Å². The first kappa shape index (κ1) is 6.28. The van der Waals surface area contributed by atoms with Crippen molar-refractivity contribution in [2.45, 2.75) is 0 Å². The topological polar surface area (TPSA) is 20.2 Å². The zero-order valence-corrected chi connectivity index (χ0v) is 4.44. The van der Waals surface area contributed by atoms with E-state index < -0.39 is 0 Å². The van der Waals surface area contributed by atoms with Gasteiger partial charge in [0.15, 0.2) is 6.70 Å². The highest BCUT2D eigenvalue weighted by Crippen LogP contribution is 1.53. The second-order valence-corrected chi connectivity index (χ2v) is 1.64. The fourth-order valence-electron chi connectivity index (χ4n) is 0.418. The molecule has 0 fully saturated rings. The molecular weight excluding hydrogens is 70.1 g/mol. The van der Waals surface area contributed by atoms with Gasteiger partial charge in [-0.25, -0.2) is 0 Å². The van der Waals surface area contributed by atoms with Crippen molar-refractivity contribution in [3.05, 3.63) is 0 Å². The molecule has 1 nitrogen and oxygen atoms in total. The molecule has 0 aliphatic heterocycles. The van der Waals surface area contributed by atoms with Gasteiger partial charge in [-0.15, -0.1) is 0 Å². The van der Waals surface area contributed by atoms with Crippen molar-refractivity contribution in [3.63, 3.8) is 0 Å². The van der Waals surface area contributed by atoms with E-state index in [-0.39, 0.29) is 6.70 Å². The van der Waals surface area contributed by atoms with Crippen molar-refractivity contribution in [1.29, 1.82) is 0 Å². The molecular formula is H7B5O. The van der Waals surface area contributed by atoms with Gasteiger partial charge in [-0.2, -0.15) is 0 Å². The number of rotatable bonds is 2. The van der Waals surface area contributed by atoms with Crippen LogP contribution in [0.3, 0.4) is 0 Å². The summed E-state index contributed by atoms with van der Waals surface area (Å²) in [4.78, 5) is 0. The summed E-state index contributed by atoms with van der Waals surface area (Å²) in [5, 5.41) is 8.55. The van der Waals surface area contributed by atoms with Crippen LogP contribution in [0.25, 0.3) is 0 Å². The minimum Gasteiger partial charge on any atom is -0.469 e. The van der Waals surface area contributed by atoms with Crippen LogP contribution >= 0.6 is 0 Å². The monoisotopic (exact) mass is 78.1 g/mol. The normalized spacial score (nSPS) is 6.83. The van der Waals surface area contributed by atoms with E-state index in [2.05, 4.69) is 7.74 Å². The SMILES string of the molecule is BBBB(B)O. The predicted molar refractivity (Wildman–Crippen MR) is 39.4 cm³/mol. The molecule has 0 atom stereocenters. The molecule has 0 saturated carbocycles. The number of hydrogen-bond acceptors (Lipinski definition) is 1. The molecule has 0 aromatic carbocycles. The fourth-order valence-corrected chi connectivity index (χ4v) is 0.418. The van der Waals surface area contributed by atoms with Crippen LogP contribution in [-0.4, -0.2) is 41.3 Å². The highest BCUT2D eigenvalue weighted by molar-refractivity contribution is 7.53. The smallest absolute Gasteiger partial charge is 0.196 e. The maximum atomic E-state index is 8.55. The third-order valence-electron chi connectivity index (χ3n) is 0.706. The number of hydrogen-bond donors (Lipinski definition) is 1. The van der Waals surface area contributed by atoms with Gasteiger partial charge in [0.1, 0.15) is 0 Å². The quantitative estimate of drug-likeness (QED) is 0.332. The molecule has 0 spiro atoms. The van der Waals surface area contributed by atoms with Gasteiger partial charge < -0.3 is 5.02 Å². The second-order valence-electron chi connectivity index (χ2n) is 1.64. The fraction of sp³-hybridized carbons (Fsp3) is 0. The first-order valence-electron chi connectivity index (χ1n) is 2.45. The lowest BCUT2D eigenvalue weighted by Crippen LogP contribution is -2.27. The molecule has 0 radical (unpaired) electrons. The average Bonchev–Trinajstić information content (AvgIpc) is 1.35. The summed E-state index contributed by atoms with van der Waals surface area (Å²) in [6.07, 6.45) is 0. The van der Waals surface area contributed by atoms with Gasteiger partial charge in [0.25, 0.3) is 0 Å². The van der Waals surface area contributed by atoms with Crippen LogP contribution in [-0.2, 0) is 0 Å². The van der Waals surface area contributed by atoms with Crippen LogP contribution in [0.15, 0.2) is 0 Å². The van der Waals surface area contributed by atoms with Gasteiger partial charge in [-0.1, -0.05) is 0 Å². The van der Waals surface area contributed by atoms with Gasteiger partial charge >= 0.3 is 0 Å². The molecule has 0 aliphatic rings. The van der Waals surface area contributed by atoms with Crippen LogP contribution in [0.5, 0.6) is 0 Å². The molecule has 6 heteroatoms. The molecule has 1 N–H and O–H groups in total. The van der Waals surface area contributed by atoms with Crippen molar-refractivity contribution >= 4 is 36.3 Å². The van der Waals surface area contributed by atoms with Crippen molar-refractivity contribution in [2.24, 2.45) is 0 Å². The maximum absolute atomic E-state index is 8.55. The Labute approximate surface area is 42.2 Å². The van der Waals surface area contributed by atoms with E-state index in [9.17, 15) is 0 Å². The lowest BCUT2D eigenvalue weighted by Gasteiger charge is -1.86. The van der Waals surface area contributed by atoms with Crippen molar-refractivity contribution in [1.82, 2.24) is 0 Å². The lowest BCUT2D eigenvalue weighted by molar-refractivity contribution is 0.613. The predicted octanol–water partition coefficient (Wildman–Crippen LogP) is -4.07. The summed E-state index contributed by atoms with van der Waals surface area (Å²) < 4.78 is 0. The minimum atomic E-state index is -0.102.